The number of aromatic nitrogens is 2. The lowest BCUT2D eigenvalue weighted by molar-refractivity contribution is -0.0744. The average Bonchev–Trinajstić information content (AvgIpc) is 2.49. The molecular formula is C15H24N4O4. The molecule has 0 amide bonds. The average molecular weight is 324 g/mol. The number of nitrogens with zero attached hydrogens (tertiary/aromatic N) is 3. The minimum Gasteiger partial charge on any atom is -0.384 e. The fourth-order valence-electron chi connectivity index (χ4n) is 3.00. The molecule has 2 rings (SSSR count). The lowest BCUT2D eigenvalue weighted by atomic mass is 10.0. The van der Waals surface area contributed by atoms with Crippen molar-refractivity contribution < 1.29 is 9.53 Å². The largest absolute Gasteiger partial charge is 0.384 e. The number of ether oxygens (including phenoxy) is 1. The van der Waals surface area contributed by atoms with E-state index in [2.05, 4.69) is 0 Å². The predicted molar refractivity (Wildman–Crippen MR) is 86.7 cm³/mol. The molecule has 1 aliphatic heterocycles. The quantitative estimate of drug-likeness (QED) is 0.742. The zero-order valence-corrected chi connectivity index (χ0v) is 14.2. The van der Waals surface area contributed by atoms with Crippen molar-refractivity contribution in [3.05, 3.63) is 26.4 Å². The van der Waals surface area contributed by atoms with E-state index in [1.165, 1.54) is 14.1 Å². The Balaban J connectivity index is 2.41. The van der Waals surface area contributed by atoms with E-state index >= 15 is 0 Å². The number of nitrogen functional groups attached to an aromatic ring is 1. The molecule has 0 bridgehead atoms. The van der Waals surface area contributed by atoms with Crippen molar-refractivity contribution in [1.29, 1.82) is 0 Å². The van der Waals surface area contributed by atoms with Crippen molar-refractivity contribution in [3.63, 3.8) is 0 Å². The smallest absolute Gasteiger partial charge is 0.332 e. The SMILES string of the molecule is CC1CN(C(C)C(=O)c2c(N)n(C)c(=O)n(C)c2=O)CC(C)O1. The Labute approximate surface area is 134 Å². The van der Waals surface area contributed by atoms with Gasteiger partial charge in [0.05, 0.1) is 18.2 Å². The van der Waals surface area contributed by atoms with E-state index in [4.69, 9.17) is 10.5 Å². The van der Waals surface area contributed by atoms with Crippen molar-refractivity contribution in [2.75, 3.05) is 18.8 Å². The van der Waals surface area contributed by atoms with Gasteiger partial charge in [-0.1, -0.05) is 0 Å². The normalized spacial score (nSPS) is 23.7. The zero-order valence-electron chi connectivity index (χ0n) is 14.2. The van der Waals surface area contributed by atoms with Gasteiger partial charge in [-0.15, -0.1) is 0 Å². The highest BCUT2D eigenvalue weighted by atomic mass is 16.5. The van der Waals surface area contributed by atoms with Crippen LogP contribution in [0.25, 0.3) is 0 Å². The van der Waals surface area contributed by atoms with Gasteiger partial charge in [0, 0.05) is 27.2 Å². The summed E-state index contributed by atoms with van der Waals surface area (Å²) < 4.78 is 7.69. The molecule has 0 spiro atoms. The summed E-state index contributed by atoms with van der Waals surface area (Å²) in [7, 11) is 2.78. The molecule has 2 heterocycles. The zero-order chi connectivity index (χ0) is 17.5. The molecular weight excluding hydrogens is 300 g/mol. The van der Waals surface area contributed by atoms with E-state index < -0.39 is 17.3 Å². The molecule has 0 aromatic carbocycles. The van der Waals surface area contributed by atoms with Crippen molar-refractivity contribution in [1.82, 2.24) is 14.0 Å². The standard InChI is InChI=1S/C15H24N4O4/c1-8-6-19(7-9(2)23-8)10(3)12(20)11-13(16)17(4)15(22)18(5)14(11)21/h8-10H,6-7,16H2,1-5H3. The van der Waals surface area contributed by atoms with Crippen LogP contribution in [0.4, 0.5) is 5.82 Å². The molecule has 3 atom stereocenters. The van der Waals surface area contributed by atoms with Gasteiger partial charge >= 0.3 is 5.69 Å². The van der Waals surface area contributed by atoms with E-state index in [0.29, 0.717) is 13.1 Å². The third-order valence-corrected chi connectivity index (χ3v) is 4.33. The van der Waals surface area contributed by atoms with Gasteiger partial charge in [-0.25, -0.2) is 4.79 Å². The first-order valence-electron chi connectivity index (χ1n) is 7.64. The van der Waals surface area contributed by atoms with Crippen LogP contribution in [-0.4, -0.2) is 51.2 Å². The molecule has 3 unspecified atom stereocenters. The van der Waals surface area contributed by atoms with Crippen LogP contribution in [0.2, 0.25) is 0 Å². The number of carbonyl (C=O) groups is 1. The van der Waals surface area contributed by atoms with E-state index in [-0.39, 0.29) is 29.4 Å². The van der Waals surface area contributed by atoms with Crippen LogP contribution in [0.1, 0.15) is 31.1 Å². The molecule has 23 heavy (non-hydrogen) atoms. The number of Topliss-reactive ketones (excluding diaryl/α,β-unsaturated/α-hetero) is 1. The first-order valence-corrected chi connectivity index (χ1v) is 7.64. The number of anilines is 1. The van der Waals surface area contributed by atoms with Crippen LogP contribution in [0.15, 0.2) is 9.59 Å². The van der Waals surface area contributed by atoms with Gasteiger partial charge in [-0.3, -0.25) is 23.6 Å². The van der Waals surface area contributed by atoms with E-state index in [1.54, 1.807) is 6.92 Å². The Morgan fingerprint density at radius 3 is 2.22 bits per heavy atom. The molecule has 8 nitrogen and oxygen atoms in total. The predicted octanol–water partition coefficient (Wildman–Crippen LogP) is -0.653. The Kier molecular flexibility index (Phi) is 4.76. The summed E-state index contributed by atoms with van der Waals surface area (Å²) in [6.07, 6.45) is 0.0172. The number of rotatable bonds is 3. The molecule has 1 fully saturated rings. The van der Waals surface area contributed by atoms with Crippen LogP contribution < -0.4 is 17.0 Å². The summed E-state index contributed by atoms with van der Waals surface area (Å²) in [6.45, 7) is 6.84. The number of morpholine rings is 1. The van der Waals surface area contributed by atoms with Gasteiger partial charge in [0.15, 0.2) is 5.78 Å². The Morgan fingerprint density at radius 1 is 1.17 bits per heavy atom. The van der Waals surface area contributed by atoms with Gasteiger partial charge in [0.25, 0.3) is 5.56 Å². The summed E-state index contributed by atoms with van der Waals surface area (Å²) in [5, 5.41) is 0. The van der Waals surface area contributed by atoms with Crippen LogP contribution in [0.3, 0.4) is 0 Å². The second-order valence-electron chi connectivity index (χ2n) is 6.22. The summed E-state index contributed by atoms with van der Waals surface area (Å²) in [4.78, 5) is 39.0. The highest BCUT2D eigenvalue weighted by molar-refractivity contribution is 6.03. The molecule has 8 heteroatoms. The van der Waals surface area contributed by atoms with Gasteiger partial charge < -0.3 is 10.5 Å². The maximum atomic E-state index is 12.8. The third-order valence-electron chi connectivity index (χ3n) is 4.33. The first-order chi connectivity index (χ1) is 10.6. The topological polar surface area (TPSA) is 99.6 Å². The van der Waals surface area contributed by atoms with E-state index in [1.807, 2.05) is 18.7 Å². The van der Waals surface area contributed by atoms with Crippen molar-refractivity contribution >= 4 is 11.6 Å². The van der Waals surface area contributed by atoms with Gasteiger partial charge in [-0.2, -0.15) is 0 Å². The van der Waals surface area contributed by atoms with Gasteiger partial charge in [0.2, 0.25) is 0 Å². The Hall–Kier alpha value is -1.93. The number of hydrogen-bond donors (Lipinski definition) is 1. The minimum atomic E-state index is -0.656. The summed E-state index contributed by atoms with van der Waals surface area (Å²) in [6, 6.07) is -0.517. The van der Waals surface area contributed by atoms with E-state index in [0.717, 1.165) is 9.13 Å². The van der Waals surface area contributed by atoms with Crippen molar-refractivity contribution in [2.24, 2.45) is 14.1 Å². The lowest BCUT2D eigenvalue weighted by Crippen LogP contribution is -2.53. The fraction of sp³-hybridized carbons (Fsp3) is 0.667. The van der Waals surface area contributed by atoms with Gasteiger partial charge in [-0.05, 0) is 20.8 Å². The summed E-state index contributed by atoms with van der Waals surface area (Å²) >= 11 is 0. The molecule has 1 saturated heterocycles. The van der Waals surface area contributed by atoms with Crippen LogP contribution >= 0.6 is 0 Å². The maximum absolute atomic E-state index is 12.8. The number of ketones is 1. The molecule has 0 radical (unpaired) electrons. The third kappa shape index (κ3) is 3.09. The molecule has 1 aromatic rings. The maximum Gasteiger partial charge on any atom is 0.332 e. The van der Waals surface area contributed by atoms with Crippen LogP contribution in [-0.2, 0) is 18.8 Å². The molecule has 1 aliphatic rings. The van der Waals surface area contributed by atoms with Crippen molar-refractivity contribution in [3.8, 4) is 0 Å². The fourth-order valence-corrected chi connectivity index (χ4v) is 3.00. The highest BCUT2D eigenvalue weighted by Crippen LogP contribution is 2.17. The molecule has 0 aliphatic carbocycles. The number of carbonyl (C=O) groups excluding carboxylic acids is 1. The van der Waals surface area contributed by atoms with Crippen LogP contribution in [0, 0.1) is 0 Å². The Bertz CT molecular complexity index is 726. The molecule has 0 saturated carbocycles. The minimum absolute atomic E-state index is 0.00862. The number of hydrogen-bond acceptors (Lipinski definition) is 6. The molecule has 1 aromatic heterocycles. The van der Waals surface area contributed by atoms with Gasteiger partial charge in [0.1, 0.15) is 11.4 Å². The number of nitrogens with two attached hydrogens (primary N) is 1. The molecule has 128 valence electrons. The second kappa shape index (κ2) is 6.29. The highest BCUT2D eigenvalue weighted by Gasteiger charge is 2.32. The monoisotopic (exact) mass is 324 g/mol. The first kappa shape index (κ1) is 17.4. The van der Waals surface area contributed by atoms with Crippen molar-refractivity contribution in [2.45, 2.75) is 39.0 Å². The van der Waals surface area contributed by atoms with E-state index in [9.17, 15) is 14.4 Å². The summed E-state index contributed by atoms with van der Waals surface area (Å²) in [5.41, 5.74) is 4.52. The second-order valence-corrected chi connectivity index (χ2v) is 6.22. The molecule has 2 N–H and O–H groups in total. The van der Waals surface area contributed by atoms with Crippen LogP contribution in [0.5, 0.6) is 0 Å². The summed E-state index contributed by atoms with van der Waals surface area (Å²) in [5.74, 6) is -0.468. The Morgan fingerprint density at radius 2 is 1.70 bits per heavy atom. The lowest BCUT2D eigenvalue weighted by Gasteiger charge is -2.38.